The Morgan fingerprint density at radius 1 is 1.26 bits per heavy atom. The first-order chi connectivity index (χ1) is 8.87. The molecule has 19 heavy (non-hydrogen) atoms. The predicted molar refractivity (Wildman–Crippen MR) is 69.6 cm³/mol. The highest BCUT2D eigenvalue weighted by atomic mass is 16.5. The average Bonchev–Trinajstić information content (AvgIpc) is 2.50. The summed E-state index contributed by atoms with van der Waals surface area (Å²) in [5, 5.41) is 12.1. The van der Waals surface area contributed by atoms with E-state index in [4.69, 9.17) is 4.74 Å². The molecule has 0 aromatic rings. The maximum absolute atomic E-state index is 12.2. The molecule has 5 nitrogen and oxygen atoms in total. The maximum Gasteiger partial charge on any atom is 0.311 e. The van der Waals surface area contributed by atoms with E-state index in [-0.39, 0.29) is 36.5 Å². The van der Waals surface area contributed by atoms with Gasteiger partial charge in [0.2, 0.25) is 5.91 Å². The van der Waals surface area contributed by atoms with Gasteiger partial charge in [-0.15, -0.1) is 0 Å². The van der Waals surface area contributed by atoms with E-state index in [1.165, 1.54) is 0 Å². The first kappa shape index (κ1) is 14.3. The molecule has 5 heteroatoms. The number of ether oxygens (including phenoxy) is 1. The summed E-state index contributed by atoms with van der Waals surface area (Å²) in [6.07, 6.45) is 2.21. The number of rotatable bonds is 4. The van der Waals surface area contributed by atoms with Gasteiger partial charge < -0.3 is 15.2 Å². The van der Waals surface area contributed by atoms with Gasteiger partial charge >= 0.3 is 5.97 Å². The molecule has 4 unspecified atom stereocenters. The van der Waals surface area contributed by atoms with Crippen molar-refractivity contribution in [1.29, 1.82) is 0 Å². The van der Waals surface area contributed by atoms with Crippen molar-refractivity contribution < 1.29 is 19.4 Å². The van der Waals surface area contributed by atoms with Crippen molar-refractivity contribution in [2.75, 3.05) is 6.54 Å². The van der Waals surface area contributed by atoms with Crippen molar-refractivity contribution in [2.45, 2.75) is 52.2 Å². The first-order valence-corrected chi connectivity index (χ1v) is 7.04. The number of carboxylic acids is 1. The maximum atomic E-state index is 12.2. The van der Waals surface area contributed by atoms with Crippen molar-refractivity contribution in [1.82, 2.24) is 5.32 Å². The summed E-state index contributed by atoms with van der Waals surface area (Å²) in [4.78, 5) is 23.5. The first-order valence-electron chi connectivity index (χ1n) is 7.04. The van der Waals surface area contributed by atoms with Gasteiger partial charge in [0, 0.05) is 6.54 Å². The Balaban J connectivity index is 1.93. The van der Waals surface area contributed by atoms with Crippen LogP contribution in [-0.2, 0) is 14.3 Å². The number of hydrogen-bond donors (Lipinski definition) is 2. The lowest BCUT2D eigenvalue weighted by molar-refractivity contribution is -0.154. The molecule has 0 aromatic carbocycles. The molecule has 0 spiro atoms. The molecule has 1 heterocycles. The molecule has 2 aliphatic rings. The highest BCUT2D eigenvalue weighted by Gasteiger charge is 2.46. The number of aliphatic carboxylic acids is 1. The molecule has 4 atom stereocenters. The second kappa shape index (κ2) is 5.12. The van der Waals surface area contributed by atoms with E-state index in [1.807, 2.05) is 20.8 Å². The second-order valence-electron chi connectivity index (χ2n) is 6.09. The SMILES string of the molecule is CC1OC(C)C(C(=O)NCC2(C(=O)O)CCC2)C1C. The summed E-state index contributed by atoms with van der Waals surface area (Å²) in [7, 11) is 0. The van der Waals surface area contributed by atoms with E-state index in [9.17, 15) is 14.7 Å². The molecule has 108 valence electrons. The third-order valence-electron chi connectivity index (χ3n) is 4.91. The third kappa shape index (κ3) is 2.48. The van der Waals surface area contributed by atoms with Crippen LogP contribution in [0.3, 0.4) is 0 Å². The Bertz CT molecular complexity index is 378. The fourth-order valence-electron chi connectivity index (χ4n) is 3.16. The monoisotopic (exact) mass is 269 g/mol. The number of hydrogen-bond acceptors (Lipinski definition) is 3. The Morgan fingerprint density at radius 2 is 1.89 bits per heavy atom. The van der Waals surface area contributed by atoms with Crippen molar-refractivity contribution >= 4 is 11.9 Å². The number of carbonyl (C=O) groups is 2. The summed E-state index contributed by atoms with van der Waals surface area (Å²) in [6, 6.07) is 0. The zero-order valence-electron chi connectivity index (χ0n) is 11.8. The van der Waals surface area contributed by atoms with E-state index >= 15 is 0 Å². The normalized spacial score (nSPS) is 36.6. The summed E-state index contributed by atoms with van der Waals surface area (Å²) in [6.45, 7) is 6.12. The fraction of sp³-hybridized carbons (Fsp3) is 0.857. The van der Waals surface area contributed by atoms with E-state index in [0.29, 0.717) is 12.8 Å². The smallest absolute Gasteiger partial charge is 0.311 e. The van der Waals surface area contributed by atoms with Gasteiger partial charge in [-0.3, -0.25) is 9.59 Å². The van der Waals surface area contributed by atoms with Gasteiger partial charge in [-0.05, 0) is 32.6 Å². The van der Waals surface area contributed by atoms with Crippen LogP contribution in [0.15, 0.2) is 0 Å². The van der Waals surface area contributed by atoms with E-state index in [2.05, 4.69) is 5.32 Å². The summed E-state index contributed by atoms with van der Waals surface area (Å²) in [5.74, 6) is -0.883. The second-order valence-corrected chi connectivity index (χ2v) is 6.09. The van der Waals surface area contributed by atoms with Gasteiger partial charge in [-0.25, -0.2) is 0 Å². The van der Waals surface area contributed by atoms with Crippen LogP contribution in [0, 0.1) is 17.3 Å². The number of carboxylic acid groups (broad SMARTS) is 1. The Morgan fingerprint density at radius 3 is 2.26 bits per heavy atom. The standard InChI is InChI=1S/C14H23NO4/c1-8-9(2)19-10(3)11(8)12(16)15-7-14(13(17)18)5-4-6-14/h8-11H,4-7H2,1-3H3,(H,15,16)(H,17,18). The summed E-state index contributed by atoms with van der Waals surface area (Å²) >= 11 is 0. The van der Waals surface area contributed by atoms with Crippen LogP contribution in [0.5, 0.6) is 0 Å². The Hall–Kier alpha value is -1.10. The predicted octanol–water partition coefficient (Wildman–Crippen LogP) is 1.42. The van der Waals surface area contributed by atoms with Crippen molar-refractivity contribution in [3.05, 3.63) is 0 Å². The minimum atomic E-state index is -0.795. The molecular formula is C14H23NO4. The molecule has 1 saturated heterocycles. The van der Waals surface area contributed by atoms with Gasteiger partial charge in [0.15, 0.2) is 0 Å². The van der Waals surface area contributed by atoms with Gasteiger partial charge in [0.25, 0.3) is 0 Å². The third-order valence-corrected chi connectivity index (χ3v) is 4.91. The lowest BCUT2D eigenvalue weighted by atomic mass is 9.68. The minimum absolute atomic E-state index is 0.0721. The molecule has 0 bridgehead atoms. The Kier molecular flexibility index (Phi) is 3.85. The molecule has 1 saturated carbocycles. The van der Waals surface area contributed by atoms with Gasteiger partial charge in [-0.2, -0.15) is 0 Å². The van der Waals surface area contributed by atoms with E-state index in [1.54, 1.807) is 0 Å². The highest BCUT2D eigenvalue weighted by molar-refractivity contribution is 5.82. The molecule has 1 aliphatic carbocycles. The van der Waals surface area contributed by atoms with Crippen LogP contribution in [0.25, 0.3) is 0 Å². The molecule has 1 amide bonds. The number of carbonyl (C=O) groups excluding carboxylic acids is 1. The van der Waals surface area contributed by atoms with Crippen molar-refractivity contribution in [3.8, 4) is 0 Å². The van der Waals surface area contributed by atoms with Crippen molar-refractivity contribution in [2.24, 2.45) is 17.3 Å². The van der Waals surface area contributed by atoms with Crippen LogP contribution in [-0.4, -0.2) is 35.7 Å². The zero-order valence-corrected chi connectivity index (χ0v) is 11.8. The van der Waals surface area contributed by atoms with Crippen molar-refractivity contribution in [3.63, 3.8) is 0 Å². The van der Waals surface area contributed by atoms with Crippen LogP contribution < -0.4 is 5.32 Å². The van der Waals surface area contributed by atoms with Gasteiger partial charge in [0.1, 0.15) is 0 Å². The highest BCUT2D eigenvalue weighted by Crippen LogP contribution is 2.41. The fourth-order valence-corrected chi connectivity index (χ4v) is 3.16. The molecule has 2 fully saturated rings. The van der Waals surface area contributed by atoms with E-state index < -0.39 is 11.4 Å². The minimum Gasteiger partial charge on any atom is -0.481 e. The van der Waals surface area contributed by atoms with Crippen LogP contribution in [0.1, 0.15) is 40.0 Å². The largest absolute Gasteiger partial charge is 0.481 e. The van der Waals surface area contributed by atoms with Crippen LogP contribution in [0.4, 0.5) is 0 Å². The molecule has 1 aliphatic heterocycles. The lowest BCUT2D eigenvalue weighted by Crippen LogP contribution is -2.49. The summed E-state index contributed by atoms with van der Waals surface area (Å²) < 4.78 is 5.65. The van der Waals surface area contributed by atoms with E-state index in [0.717, 1.165) is 6.42 Å². The van der Waals surface area contributed by atoms with Crippen LogP contribution >= 0.6 is 0 Å². The van der Waals surface area contributed by atoms with Crippen LogP contribution in [0.2, 0.25) is 0 Å². The lowest BCUT2D eigenvalue weighted by Gasteiger charge is -2.38. The molecule has 0 radical (unpaired) electrons. The average molecular weight is 269 g/mol. The van der Waals surface area contributed by atoms with Gasteiger partial charge in [-0.1, -0.05) is 13.3 Å². The quantitative estimate of drug-likeness (QED) is 0.809. The molecule has 0 aromatic heterocycles. The summed E-state index contributed by atoms with van der Waals surface area (Å²) in [5.41, 5.74) is -0.729. The molecular weight excluding hydrogens is 246 g/mol. The van der Waals surface area contributed by atoms with Gasteiger partial charge in [0.05, 0.1) is 23.5 Å². The number of amides is 1. The topological polar surface area (TPSA) is 75.6 Å². The number of nitrogens with one attached hydrogen (secondary N) is 1. The molecule has 2 rings (SSSR count). The molecule has 2 N–H and O–H groups in total. The zero-order chi connectivity index (χ0) is 14.2. The Labute approximate surface area is 113 Å².